The first-order valence-corrected chi connectivity index (χ1v) is 9.47. The van der Waals surface area contributed by atoms with E-state index in [2.05, 4.69) is 51.2 Å². The van der Waals surface area contributed by atoms with Crippen molar-refractivity contribution in [1.82, 2.24) is 24.3 Å². The summed E-state index contributed by atoms with van der Waals surface area (Å²) >= 11 is 0. The second-order valence-corrected chi connectivity index (χ2v) is 8.35. The average molecular weight is 358 g/mol. The molecule has 1 atom stereocenters. The fraction of sp³-hybridized carbons (Fsp3) is 0.600. The number of piperazine rings is 1. The summed E-state index contributed by atoms with van der Waals surface area (Å²) in [4.78, 5) is 13.8. The molecular formula is C20H31N5O. The van der Waals surface area contributed by atoms with Crippen LogP contribution in [0.3, 0.4) is 0 Å². The van der Waals surface area contributed by atoms with Crippen molar-refractivity contribution in [2.45, 2.75) is 39.8 Å². The molecule has 0 aromatic carbocycles. The van der Waals surface area contributed by atoms with Crippen molar-refractivity contribution in [3.8, 4) is 5.95 Å². The van der Waals surface area contributed by atoms with E-state index in [9.17, 15) is 5.11 Å². The van der Waals surface area contributed by atoms with Gasteiger partial charge in [-0.25, -0.2) is 9.97 Å². The third-order valence-electron chi connectivity index (χ3n) is 4.81. The van der Waals surface area contributed by atoms with E-state index in [0.29, 0.717) is 12.0 Å². The van der Waals surface area contributed by atoms with Crippen LogP contribution in [-0.4, -0.2) is 68.3 Å². The van der Waals surface area contributed by atoms with E-state index in [1.165, 1.54) is 5.69 Å². The minimum atomic E-state index is 0.243. The van der Waals surface area contributed by atoms with Gasteiger partial charge in [-0.05, 0) is 30.0 Å². The van der Waals surface area contributed by atoms with Crippen LogP contribution < -0.4 is 0 Å². The molecule has 1 aliphatic rings. The first-order valence-electron chi connectivity index (χ1n) is 9.47. The van der Waals surface area contributed by atoms with Gasteiger partial charge in [0.05, 0.1) is 0 Å². The highest BCUT2D eigenvalue weighted by Gasteiger charge is 2.29. The third-order valence-corrected chi connectivity index (χ3v) is 4.81. The van der Waals surface area contributed by atoms with E-state index in [1.54, 1.807) is 12.4 Å². The number of rotatable bonds is 6. The molecule has 0 unspecified atom stereocenters. The summed E-state index contributed by atoms with van der Waals surface area (Å²) < 4.78 is 2.06. The Morgan fingerprint density at radius 1 is 1.15 bits per heavy atom. The average Bonchev–Trinajstić information content (AvgIpc) is 3.05. The maximum absolute atomic E-state index is 9.50. The van der Waals surface area contributed by atoms with Crippen LogP contribution in [0, 0.1) is 5.41 Å². The summed E-state index contributed by atoms with van der Waals surface area (Å²) in [5, 5.41) is 9.50. The molecule has 3 heterocycles. The van der Waals surface area contributed by atoms with E-state index in [0.717, 1.165) is 39.1 Å². The van der Waals surface area contributed by atoms with Crippen LogP contribution in [0.15, 0.2) is 36.8 Å². The molecule has 0 aliphatic carbocycles. The van der Waals surface area contributed by atoms with E-state index < -0.39 is 0 Å². The summed E-state index contributed by atoms with van der Waals surface area (Å²) in [7, 11) is 0. The zero-order valence-electron chi connectivity index (χ0n) is 16.2. The van der Waals surface area contributed by atoms with Gasteiger partial charge in [0.2, 0.25) is 5.95 Å². The molecule has 1 N–H and O–H groups in total. The number of hydrogen-bond acceptors (Lipinski definition) is 5. The van der Waals surface area contributed by atoms with E-state index in [1.807, 2.05) is 18.3 Å². The molecule has 0 spiro atoms. The van der Waals surface area contributed by atoms with Gasteiger partial charge in [0, 0.05) is 69.7 Å². The lowest BCUT2D eigenvalue weighted by Crippen LogP contribution is -2.55. The lowest BCUT2D eigenvalue weighted by atomic mass is 9.94. The van der Waals surface area contributed by atoms with Gasteiger partial charge in [0.1, 0.15) is 0 Å². The van der Waals surface area contributed by atoms with Gasteiger partial charge >= 0.3 is 0 Å². The lowest BCUT2D eigenvalue weighted by molar-refractivity contribution is 0.0333. The van der Waals surface area contributed by atoms with Gasteiger partial charge in [-0.15, -0.1) is 0 Å². The Kier molecular flexibility index (Phi) is 6.06. The van der Waals surface area contributed by atoms with Crippen LogP contribution in [0.25, 0.3) is 5.95 Å². The van der Waals surface area contributed by atoms with E-state index in [-0.39, 0.29) is 12.0 Å². The molecule has 0 bridgehead atoms. The van der Waals surface area contributed by atoms with Crippen molar-refractivity contribution < 1.29 is 5.11 Å². The third kappa shape index (κ3) is 4.90. The van der Waals surface area contributed by atoms with Crippen LogP contribution in [-0.2, 0) is 6.54 Å². The van der Waals surface area contributed by atoms with Gasteiger partial charge in [0.15, 0.2) is 0 Å². The molecule has 2 aromatic rings. The number of nitrogens with zero attached hydrogens (tertiary/aromatic N) is 5. The van der Waals surface area contributed by atoms with Crippen LogP contribution in [0.4, 0.5) is 0 Å². The van der Waals surface area contributed by atoms with Crippen LogP contribution >= 0.6 is 0 Å². The van der Waals surface area contributed by atoms with Crippen molar-refractivity contribution in [3.63, 3.8) is 0 Å². The second kappa shape index (κ2) is 8.29. The van der Waals surface area contributed by atoms with Gasteiger partial charge in [-0.3, -0.25) is 14.4 Å². The van der Waals surface area contributed by atoms with Crippen LogP contribution in [0.2, 0.25) is 0 Å². The fourth-order valence-corrected chi connectivity index (χ4v) is 3.73. The molecule has 0 amide bonds. The molecule has 2 aromatic heterocycles. The van der Waals surface area contributed by atoms with Crippen molar-refractivity contribution in [1.29, 1.82) is 0 Å². The topological polar surface area (TPSA) is 57.4 Å². The first kappa shape index (κ1) is 19.0. The van der Waals surface area contributed by atoms with E-state index in [4.69, 9.17) is 0 Å². The Hall–Kier alpha value is -1.76. The van der Waals surface area contributed by atoms with Crippen molar-refractivity contribution in [2.24, 2.45) is 5.41 Å². The Bertz CT molecular complexity index is 679. The van der Waals surface area contributed by atoms with Gasteiger partial charge in [0.25, 0.3) is 0 Å². The highest BCUT2D eigenvalue weighted by atomic mass is 16.3. The molecule has 0 saturated carbocycles. The molecule has 3 rings (SSSR count). The molecule has 142 valence electrons. The molecule has 1 aliphatic heterocycles. The normalized spacial score (nSPS) is 19.8. The zero-order chi connectivity index (χ0) is 18.6. The van der Waals surface area contributed by atoms with Crippen molar-refractivity contribution in [3.05, 3.63) is 42.5 Å². The molecular weight excluding hydrogens is 326 g/mol. The monoisotopic (exact) mass is 357 g/mol. The predicted octanol–water partition coefficient (Wildman–Crippen LogP) is 2.18. The molecule has 6 nitrogen and oxygen atoms in total. The highest BCUT2D eigenvalue weighted by molar-refractivity contribution is 5.20. The molecule has 1 fully saturated rings. The Morgan fingerprint density at radius 2 is 1.92 bits per heavy atom. The smallest absolute Gasteiger partial charge is 0.233 e. The van der Waals surface area contributed by atoms with Crippen molar-refractivity contribution >= 4 is 0 Å². The zero-order valence-corrected chi connectivity index (χ0v) is 16.2. The Balaban J connectivity index is 1.68. The molecule has 0 radical (unpaired) electrons. The number of aliphatic hydroxyl groups excluding tert-OH is 1. The minimum absolute atomic E-state index is 0.243. The Morgan fingerprint density at radius 3 is 2.62 bits per heavy atom. The minimum Gasteiger partial charge on any atom is -0.396 e. The molecule has 1 saturated heterocycles. The summed E-state index contributed by atoms with van der Waals surface area (Å²) in [6.07, 6.45) is 6.39. The molecule has 26 heavy (non-hydrogen) atoms. The quantitative estimate of drug-likeness (QED) is 0.859. The summed E-state index contributed by atoms with van der Waals surface area (Å²) in [5.41, 5.74) is 1.47. The Labute approximate surface area is 156 Å². The summed E-state index contributed by atoms with van der Waals surface area (Å²) in [6.45, 7) is 12.1. The standard InChI is InChI=1S/C20H31N5O/c1-20(2,3)16-24-12-11-23(14-17(24)7-13-26)15-18-6-4-10-25(18)19-21-8-5-9-22-19/h4-6,8-10,17,26H,7,11-16H2,1-3H3/t17-/m0/s1. The number of aromatic nitrogens is 3. The SMILES string of the molecule is CC(C)(C)CN1CCN(Cc2cccn2-c2ncccn2)C[C@@H]1CCO. The first-order chi connectivity index (χ1) is 12.5. The lowest BCUT2D eigenvalue weighted by Gasteiger charge is -2.44. The van der Waals surface area contributed by atoms with Gasteiger partial charge in [-0.1, -0.05) is 20.8 Å². The van der Waals surface area contributed by atoms with Crippen LogP contribution in [0.5, 0.6) is 0 Å². The van der Waals surface area contributed by atoms with Gasteiger partial charge < -0.3 is 5.11 Å². The highest BCUT2D eigenvalue weighted by Crippen LogP contribution is 2.22. The predicted molar refractivity (Wildman–Crippen MR) is 103 cm³/mol. The maximum Gasteiger partial charge on any atom is 0.233 e. The fourth-order valence-electron chi connectivity index (χ4n) is 3.73. The second-order valence-electron chi connectivity index (χ2n) is 8.35. The summed E-state index contributed by atoms with van der Waals surface area (Å²) in [5.74, 6) is 0.714. The van der Waals surface area contributed by atoms with Crippen LogP contribution in [0.1, 0.15) is 32.9 Å². The molecule has 6 heteroatoms. The van der Waals surface area contributed by atoms with Crippen molar-refractivity contribution in [2.75, 3.05) is 32.8 Å². The van der Waals surface area contributed by atoms with Gasteiger partial charge in [-0.2, -0.15) is 0 Å². The summed E-state index contributed by atoms with van der Waals surface area (Å²) in [6, 6.07) is 6.43. The largest absolute Gasteiger partial charge is 0.396 e. The number of aliphatic hydroxyl groups is 1. The number of hydrogen-bond donors (Lipinski definition) is 1. The van der Waals surface area contributed by atoms with E-state index >= 15 is 0 Å². The maximum atomic E-state index is 9.50.